The Morgan fingerprint density at radius 3 is 2.77 bits per heavy atom. The molecule has 3 rings (SSSR count). The van der Waals surface area contributed by atoms with E-state index in [1.807, 2.05) is 24.0 Å². The molecule has 2 aromatic heterocycles. The highest BCUT2D eigenvalue weighted by atomic mass is 15.3. The standard InChI is InChI=1S/C17H25N5/c1-3-6-15-13-17(21(2)20-15)19-14-8-11-22(12-9-14)16-7-4-5-10-18-16/h4-5,7,10,13-14,19H,3,6,8-9,11-12H2,1-2H3. The molecule has 0 bridgehead atoms. The van der Waals surface area contributed by atoms with Crippen LogP contribution >= 0.6 is 0 Å². The zero-order valence-corrected chi connectivity index (χ0v) is 13.5. The molecule has 0 aliphatic carbocycles. The van der Waals surface area contributed by atoms with Crippen LogP contribution in [-0.2, 0) is 13.5 Å². The fourth-order valence-corrected chi connectivity index (χ4v) is 3.04. The molecule has 1 aliphatic heterocycles. The van der Waals surface area contributed by atoms with Gasteiger partial charge in [0.25, 0.3) is 0 Å². The van der Waals surface area contributed by atoms with Gasteiger partial charge in [0.05, 0.1) is 5.69 Å². The summed E-state index contributed by atoms with van der Waals surface area (Å²) < 4.78 is 1.97. The van der Waals surface area contributed by atoms with Crippen LogP contribution in [-0.4, -0.2) is 33.9 Å². The smallest absolute Gasteiger partial charge is 0.128 e. The molecule has 5 nitrogen and oxygen atoms in total. The van der Waals surface area contributed by atoms with Gasteiger partial charge in [0.2, 0.25) is 0 Å². The van der Waals surface area contributed by atoms with Gasteiger partial charge in [0.1, 0.15) is 11.6 Å². The van der Waals surface area contributed by atoms with Gasteiger partial charge in [-0.1, -0.05) is 19.4 Å². The van der Waals surface area contributed by atoms with Crippen molar-refractivity contribution in [3.8, 4) is 0 Å². The maximum Gasteiger partial charge on any atom is 0.128 e. The molecule has 0 spiro atoms. The van der Waals surface area contributed by atoms with E-state index in [1.54, 1.807) is 0 Å². The van der Waals surface area contributed by atoms with Crippen LogP contribution in [0.25, 0.3) is 0 Å². The van der Waals surface area contributed by atoms with Crippen molar-refractivity contribution >= 4 is 11.6 Å². The topological polar surface area (TPSA) is 46.0 Å². The number of anilines is 2. The molecular weight excluding hydrogens is 274 g/mol. The van der Waals surface area contributed by atoms with Crippen molar-refractivity contribution in [3.05, 3.63) is 36.2 Å². The number of hydrogen-bond donors (Lipinski definition) is 1. The zero-order valence-electron chi connectivity index (χ0n) is 13.5. The lowest BCUT2D eigenvalue weighted by Gasteiger charge is -2.33. The number of aryl methyl sites for hydroxylation is 2. The van der Waals surface area contributed by atoms with Crippen LogP contribution in [0.4, 0.5) is 11.6 Å². The van der Waals surface area contributed by atoms with Crippen LogP contribution in [0.5, 0.6) is 0 Å². The molecular formula is C17H25N5. The average Bonchev–Trinajstić information content (AvgIpc) is 2.89. The lowest BCUT2D eigenvalue weighted by atomic mass is 10.1. The largest absolute Gasteiger partial charge is 0.367 e. The maximum atomic E-state index is 4.56. The average molecular weight is 299 g/mol. The van der Waals surface area contributed by atoms with Crippen LogP contribution in [0.15, 0.2) is 30.5 Å². The summed E-state index contributed by atoms with van der Waals surface area (Å²) in [6.45, 7) is 4.29. The van der Waals surface area contributed by atoms with E-state index in [2.05, 4.69) is 45.4 Å². The van der Waals surface area contributed by atoms with Crippen molar-refractivity contribution in [1.82, 2.24) is 14.8 Å². The summed E-state index contributed by atoms with van der Waals surface area (Å²) in [5.74, 6) is 2.23. The van der Waals surface area contributed by atoms with Gasteiger partial charge < -0.3 is 10.2 Å². The Bertz CT molecular complexity index is 584. The Morgan fingerprint density at radius 2 is 2.09 bits per heavy atom. The van der Waals surface area contributed by atoms with E-state index in [1.165, 1.54) is 5.69 Å². The van der Waals surface area contributed by atoms with E-state index in [0.29, 0.717) is 6.04 Å². The van der Waals surface area contributed by atoms with E-state index in [9.17, 15) is 0 Å². The molecule has 1 saturated heterocycles. The molecule has 22 heavy (non-hydrogen) atoms. The summed E-state index contributed by atoms with van der Waals surface area (Å²) in [5, 5.41) is 8.22. The van der Waals surface area contributed by atoms with Gasteiger partial charge in [-0.05, 0) is 31.4 Å². The highest BCUT2D eigenvalue weighted by molar-refractivity contribution is 5.41. The Balaban J connectivity index is 1.56. The van der Waals surface area contributed by atoms with Gasteiger partial charge in [-0.2, -0.15) is 5.10 Å². The number of nitrogens with zero attached hydrogens (tertiary/aromatic N) is 4. The second kappa shape index (κ2) is 6.81. The van der Waals surface area contributed by atoms with E-state index in [4.69, 9.17) is 0 Å². The molecule has 1 fully saturated rings. The molecule has 0 atom stereocenters. The molecule has 118 valence electrons. The van der Waals surface area contributed by atoms with Gasteiger partial charge in [-0.3, -0.25) is 4.68 Å². The molecule has 5 heteroatoms. The first-order valence-electron chi connectivity index (χ1n) is 8.21. The first-order valence-corrected chi connectivity index (χ1v) is 8.21. The van der Waals surface area contributed by atoms with Gasteiger partial charge in [0, 0.05) is 38.4 Å². The zero-order chi connectivity index (χ0) is 15.4. The monoisotopic (exact) mass is 299 g/mol. The second-order valence-electron chi connectivity index (χ2n) is 5.99. The highest BCUT2D eigenvalue weighted by Gasteiger charge is 2.20. The normalized spacial score (nSPS) is 16.0. The van der Waals surface area contributed by atoms with Crippen molar-refractivity contribution in [2.45, 2.75) is 38.6 Å². The number of rotatable bonds is 5. The van der Waals surface area contributed by atoms with Crippen molar-refractivity contribution in [2.75, 3.05) is 23.3 Å². The molecule has 0 saturated carbocycles. The summed E-state index contributed by atoms with van der Waals surface area (Å²) in [7, 11) is 2.02. The van der Waals surface area contributed by atoms with Crippen LogP contribution in [0.2, 0.25) is 0 Å². The molecule has 1 N–H and O–H groups in total. The van der Waals surface area contributed by atoms with Crippen molar-refractivity contribution < 1.29 is 0 Å². The van der Waals surface area contributed by atoms with E-state index >= 15 is 0 Å². The minimum atomic E-state index is 0.518. The van der Waals surface area contributed by atoms with Gasteiger partial charge in [-0.15, -0.1) is 0 Å². The number of piperidine rings is 1. The molecule has 3 heterocycles. The fourth-order valence-electron chi connectivity index (χ4n) is 3.04. The molecule has 2 aromatic rings. The van der Waals surface area contributed by atoms with Gasteiger partial charge in [0.15, 0.2) is 0 Å². The summed E-state index contributed by atoms with van der Waals surface area (Å²) in [6.07, 6.45) is 6.31. The predicted octanol–water partition coefficient (Wildman–Crippen LogP) is 2.85. The third-order valence-electron chi connectivity index (χ3n) is 4.26. The van der Waals surface area contributed by atoms with Gasteiger partial charge >= 0.3 is 0 Å². The number of aromatic nitrogens is 3. The summed E-state index contributed by atoms with van der Waals surface area (Å²) >= 11 is 0. The Hall–Kier alpha value is -2.04. The predicted molar refractivity (Wildman–Crippen MR) is 90.3 cm³/mol. The minimum Gasteiger partial charge on any atom is -0.367 e. The number of nitrogens with one attached hydrogen (secondary N) is 1. The molecule has 0 unspecified atom stereocenters. The third kappa shape index (κ3) is 3.40. The fraction of sp³-hybridized carbons (Fsp3) is 0.529. The van der Waals surface area contributed by atoms with Crippen molar-refractivity contribution in [2.24, 2.45) is 7.05 Å². The van der Waals surface area contributed by atoms with Crippen molar-refractivity contribution in [1.29, 1.82) is 0 Å². The maximum absolute atomic E-state index is 4.56. The van der Waals surface area contributed by atoms with Crippen LogP contribution in [0.3, 0.4) is 0 Å². The summed E-state index contributed by atoms with van der Waals surface area (Å²) in [5.41, 5.74) is 1.18. The number of pyridine rings is 1. The first kappa shape index (κ1) is 14.9. The molecule has 0 aromatic carbocycles. The lowest BCUT2D eigenvalue weighted by Crippen LogP contribution is -2.39. The van der Waals surface area contributed by atoms with Crippen LogP contribution in [0.1, 0.15) is 31.9 Å². The van der Waals surface area contributed by atoms with Crippen LogP contribution < -0.4 is 10.2 Å². The minimum absolute atomic E-state index is 0.518. The lowest BCUT2D eigenvalue weighted by molar-refractivity contribution is 0.519. The van der Waals surface area contributed by atoms with E-state index in [-0.39, 0.29) is 0 Å². The Morgan fingerprint density at radius 1 is 1.27 bits per heavy atom. The summed E-state index contributed by atoms with van der Waals surface area (Å²) in [6, 6.07) is 8.82. The first-order chi connectivity index (χ1) is 10.8. The van der Waals surface area contributed by atoms with Crippen molar-refractivity contribution in [3.63, 3.8) is 0 Å². The molecule has 0 radical (unpaired) electrons. The molecule has 0 amide bonds. The third-order valence-corrected chi connectivity index (χ3v) is 4.26. The quantitative estimate of drug-likeness (QED) is 0.922. The van der Waals surface area contributed by atoms with E-state index < -0.39 is 0 Å². The number of hydrogen-bond acceptors (Lipinski definition) is 4. The van der Waals surface area contributed by atoms with Crippen LogP contribution in [0, 0.1) is 0 Å². The highest BCUT2D eigenvalue weighted by Crippen LogP contribution is 2.20. The Kier molecular flexibility index (Phi) is 4.61. The SMILES string of the molecule is CCCc1cc(NC2CCN(c3ccccn3)CC2)n(C)n1. The van der Waals surface area contributed by atoms with Gasteiger partial charge in [-0.25, -0.2) is 4.98 Å². The summed E-state index contributed by atoms with van der Waals surface area (Å²) in [4.78, 5) is 6.81. The molecule has 1 aliphatic rings. The Labute approximate surface area is 132 Å². The second-order valence-corrected chi connectivity index (χ2v) is 5.99. The van der Waals surface area contributed by atoms with E-state index in [0.717, 1.165) is 50.4 Å².